The van der Waals surface area contributed by atoms with E-state index in [1.54, 1.807) is 6.92 Å². The number of urea groups is 1. The van der Waals surface area contributed by atoms with Crippen LogP contribution >= 0.6 is 0 Å². The molecule has 1 fully saturated rings. The van der Waals surface area contributed by atoms with Gasteiger partial charge in [0.15, 0.2) is 0 Å². The highest BCUT2D eigenvalue weighted by Crippen LogP contribution is 2.30. The van der Waals surface area contributed by atoms with E-state index < -0.39 is 5.97 Å². The Kier molecular flexibility index (Phi) is 6.12. The van der Waals surface area contributed by atoms with Gasteiger partial charge in [-0.2, -0.15) is 0 Å². The zero-order valence-corrected chi connectivity index (χ0v) is 12.2. The number of likely N-dealkylation sites (N-methyl/N-ethyl adjacent to an activating group) is 1. The fourth-order valence-electron chi connectivity index (χ4n) is 2.88. The van der Waals surface area contributed by atoms with Gasteiger partial charge in [0.05, 0.1) is 0 Å². The molecule has 0 aromatic rings. The smallest absolute Gasteiger partial charge is 0.323 e. The number of nitrogens with zero attached hydrogens (tertiary/aromatic N) is 1. The monoisotopic (exact) mass is 270 g/mol. The van der Waals surface area contributed by atoms with E-state index in [1.165, 1.54) is 11.3 Å². The third-order valence-corrected chi connectivity index (χ3v) is 3.98. The topological polar surface area (TPSA) is 69.6 Å². The summed E-state index contributed by atoms with van der Waals surface area (Å²) < 4.78 is 0. The van der Waals surface area contributed by atoms with E-state index in [-0.39, 0.29) is 18.6 Å². The molecule has 0 aromatic heterocycles. The van der Waals surface area contributed by atoms with Gasteiger partial charge >= 0.3 is 12.0 Å². The largest absolute Gasteiger partial charge is 0.480 e. The van der Waals surface area contributed by atoms with Crippen molar-refractivity contribution in [3.63, 3.8) is 0 Å². The molecule has 1 rings (SSSR count). The minimum Gasteiger partial charge on any atom is -0.480 e. The first-order chi connectivity index (χ1) is 8.95. The Morgan fingerprint density at radius 1 is 1.32 bits per heavy atom. The Morgan fingerprint density at radius 3 is 2.47 bits per heavy atom. The molecule has 0 bridgehead atoms. The van der Waals surface area contributed by atoms with E-state index in [2.05, 4.69) is 19.2 Å². The van der Waals surface area contributed by atoms with E-state index in [4.69, 9.17) is 5.11 Å². The number of amides is 2. The molecule has 1 saturated carbocycles. The van der Waals surface area contributed by atoms with E-state index in [0.29, 0.717) is 18.4 Å². The van der Waals surface area contributed by atoms with Gasteiger partial charge in [-0.1, -0.05) is 26.7 Å². The Labute approximate surface area is 115 Å². The number of rotatable bonds is 5. The minimum absolute atomic E-state index is 0.184. The zero-order valence-electron chi connectivity index (χ0n) is 12.2. The number of carbonyl (C=O) groups excluding carboxylic acids is 1. The molecule has 19 heavy (non-hydrogen) atoms. The first-order valence-corrected chi connectivity index (χ1v) is 7.23. The lowest BCUT2D eigenvalue weighted by atomic mass is 9.78. The van der Waals surface area contributed by atoms with E-state index in [1.807, 2.05) is 0 Å². The van der Waals surface area contributed by atoms with E-state index >= 15 is 0 Å². The van der Waals surface area contributed by atoms with Crippen LogP contribution in [0.4, 0.5) is 4.79 Å². The van der Waals surface area contributed by atoms with Crippen LogP contribution in [-0.4, -0.2) is 41.1 Å². The van der Waals surface area contributed by atoms with Crippen LogP contribution in [0.5, 0.6) is 0 Å². The maximum absolute atomic E-state index is 12.1. The maximum Gasteiger partial charge on any atom is 0.323 e. The quantitative estimate of drug-likeness (QED) is 0.805. The molecule has 110 valence electrons. The molecule has 0 radical (unpaired) electrons. The van der Waals surface area contributed by atoms with Gasteiger partial charge in [0, 0.05) is 12.6 Å². The summed E-state index contributed by atoms with van der Waals surface area (Å²) in [6.07, 6.45) is 4.51. The van der Waals surface area contributed by atoms with Crippen LogP contribution in [0.3, 0.4) is 0 Å². The molecule has 5 nitrogen and oxygen atoms in total. The van der Waals surface area contributed by atoms with Crippen LogP contribution in [0.1, 0.15) is 46.5 Å². The van der Waals surface area contributed by atoms with Crippen molar-refractivity contribution in [3.05, 3.63) is 0 Å². The van der Waals surface area contributed by atoms with Crippen molar-refractivity contribution in [1.29, 1.82) is 0 Å². The molecular formula is C14H26N2O3. The molecule has 2 N–H and O–H groups in total. The highest BCUT2D eigenvalue weighted by molar-refractivity contribution is 5.80. The lowest BCUT2D eigenvalue weighted by molar-refractivity contribution is -0.137. The second kappa shape index (κ2) is 7.36. The normalized spacial score (nSPS) is 23.2. The molecule has 2 atom stereocenters. The van der Waals surface area contributed by atoms with Crippen LogP contribution in [0, 0.1) is 11.8 Å². The second-order valence-corrected chi connectivity index (χ2v) is 5.66. The number of hydrogen-bond donors (Lipinski definition) is 2. The zero-order chi connectivity index (χ0) is 14.4. The van der Waals surface area contributed by atoms with Crippen LogP contribution in [0.15, 0.2) is 0 Å². The summed E-state index contributed by atoms with van der Waals surface area (Å²) in [7, 11) is 0. The van der Waals surface area contributed by atoms with Crippen molar-refractivity contribution < 1.29 is 14.7 Å². The summed E-state index contributed by atoms with van der Waals surface area (Å²) in [6.45, 7) is 6.34. The molecule has 1 aliphatic rings. The van der Waals surface area contributed by atoms with Gasteiger partial charge < -0.3 is 15.3 Å². The molecular weight excluding hydrogens is 244 g/mol. The van der Waals surface area contributed by atoms with Gasteiger partial charge in [0.25, 0.3) is 0 Å². The molecule has 2 amide bonds. The Balaban J connectivity index is 2.59. The van der Waals surface area contributed by atoms with E-state index in [9.17, 15) is 9.59 Å². The Bertz CT molecular complexity index is 318. The first-order valence-electron chi connectivity index (χ1n) is 7.23. The van der Waals surface area contributed by atoms with Crippen LogP contribution in [0.25, 0.3) is 0 Å². The lowest BCUT2D eigenvalue weighted by Gasteiger charge is -2.36. The van der Waals surface area contributed by atoms with Crippen molar-refractivity contribution >= 4 is 12.0 Å². The van der Waals surface area contributed by atoms with Gasteiger partial charge in [0.1, 0.15) is 6.54 Å². The lowest BCUT2D eigenvalue weighted by Crippen LogP contribution is -2.50. The Hall–Kier alpha value is -1.26. The van der Waals surface area contributed by atoms with Gasteiger partial charge in [-0.05, 0) is 31.6 Å². The second-order valence-electron chi connectivity index (χ2n) is 5.66. The van der Waals surface area contributed by atoms with Crippen molar-refractivity contribution in [2.24, 2.45) is 11.8 Å². The third kappa shape index (κ3) is 4.73. The molecule has 2 unspecified atom stereocenters. The summed E-state index contributed by atoms with van der Waals surface area (Å²) in [6, 6.07) is -0.0634. The third-order valence-electron chi connectivity index (χ3n) is 3.98. The van der Waals surface area contributed by atoms with Crippen LogP contribution in [-0.2, 0) is 4.79 Å². The number of carboxylic acid groups (broad SMARTS) is 1. The van der Waals surface area contributed by atoms with Crippen molar-refractivity contribution in [3.8, 4) is 0 Å². The van der Waals surface area contributed by atoms with Gasteiger partial charge in [-0.15, -0.1) is 0 Å². The fraction of sp³-hybridized carbons (Fsp3) is 0.857. The summed E-state index contributed by atoms with van der Waals surface area (Å²) in [5.74, 6) is 0.0717. The van der Waals surface area contributed by atoms with Gasteiger partial charge in [0.2, 0.25) is 0 Å². The molecule has 1 aliphatic carbocycles. The molecule has 0 aliphatic heterocycles. The van der Waals surface area contributed by atoms with Gasteiger partial charge in [-0.3, -0.25) is 4.79 Å². The summed E-state index contributed by atoms with van der Waals surface area (Å²) in [4.78, 5) is 24.2. The first kappa shape index (κ1) is 15.8. The minimum atomic E-state index is -0.971. The average Bonchev–Trinajstić information content (AvgIpc) is 2.35. The highest BCUT2D eigenvalue weighted by Gasteiger charge is 2.29. The van der Waals surface area contributed by atoms with Crippen molar-refractivity contribution in [2.45, 2.75) is 52.5 Å². The van der Waals surface area contributed by atoms with Crippen molar-refractivity contribution in [2.75, 3.05) is 13.1 Å². The molecule has 0 saturated heterocycles. The SMILES string of the molecule is CCN(CC(=O)O)C(=O)NC1CCCCC1C(C)C. The van der Waals surface area contributed by atoms with Crippen LogP contribution in [0.2, 0.25) is 0 Å². The number of hydrogen-bond acceptors (Lipinski definition) is 2. The Morgan fingerprint density at radius 2 is 1.95 bits per heavy atom. The molecule has 0 aromatic carbocycles. The standard InChI is InChI=1S/C14H26N2O3/c1-4-16(9-13(17)18)14(19)15-12-8-6-5-7-11(12)10(2)3/h10-12H,4-9H2,1-3H3,(H,15,19)(H,17,18). The summed E-state index contributed by atoms with van der Waals surface area (Å²) in [5.41, 5.74) is 0. The predicted octanol–water partition coefficient (Wildman–Crippen LogP) is 2.32. The molecule has 0 spiro atoms. The number of carbonyl (C=O) groups is 2. The average molecular weight is 270 g/mol. The highest BCUT2D eigenvalue weighted by atomic mass is 16.4. The predicted molar refractivity (Wildman–Crippen MR) is 74.0 cm³/mol. The van der Waals surface area contributed by atoms with Gasteiger partial charge in [-0.25, -0.2) is 4.79 Å². The summed E-state index contributed by atoms with van der Waals surface area (Å²) in [5, 5.41) is 11.8. The fourth-order valence-corrected chi connectivity index (χ4v) is 2.88. The number of carboxylic acids is 1. The van der Waals surface area contributed by atoms with Crippen molar-refractivity contribution in [1.82, 2.24) is 10.2 Å². The molecule has 5 heteroatoms. The number of aliphatic carboxylic acids is 1. The maximum atomic E-state index is 12.1. The number of nitrogens with one attached hydrogen (secondary N) is 1. The van der Waals surface area contributed by atoms with E-state index in [0.717, 1.165) is 19.3 Å². The summed E-state index contributed by atoms with van der Waals surface area (Å²) >= 11 is 0. The van der Waals surface area contributed by atoms with Crippen LogP contribution < -0.4 is 5.32 Å². The molecule has 0 heterocycles.